The quantitative estimate of drug-likeness (QED) is 0.0994. The van der Waals surface area contributed by atoms with E-state index in [1.54, 1.807) is 26.4 Å². The molecule has 0 radical (unpaired) electrons. The summed E-state index contributed by atoms with van der Waals surface area (Å²) in [6.45, 7) is -0.199. The Kier molecular flexibility index (Phi) is 11.2. The van der Waals surface area contributed by atoms with Gasteiger partial charge < -0.3 is 37.9 Å². The summed E-state index contributed by atoms with van der Waals surface area (Å²) < 4.78 is 43.1. The van der Waals surface area contributed by atoms with Crippen molar-refractivity contribution in [3.8, 4) is 40.2 Å². The molecule has 0 aromatic heterocycles. The van der Waals surface area contributed by atoms with Gasteiger partial charge in [0, 0.05) is 0 Å². The highest BCUT2D eigenvalue weighted by molar-refractivity contribution is 5.74. The highest BCUT2D eigenvalue weighted by Gasteiger charge is 2.21. The molecule has 12 nitrogen and oxygen atoms in total. The fourth-order valence-electron chi connectivity index (χ4n) is 3.95. The van der Waals surface area contributed by atoms with E-state index in [4.69, 9.17) is 33.2 Å². The summed E-state index contributed by atoms with van der Waals surface area (Å²) in [7, 11) is 8.80. The van der Waals surface area contributed by atoms with E-state index in [2.05, 4.69) is 4.74 Å². The number of nitro groups is 1. The average Bonchev–Trinajstić information content (AvgIpc) is 3.01. The van der Waals surface area contributed by atoms with Crippen molar-refractivity contribution in [2.45, 2.75) is 13.0 Å². The Morgan fingerprint density at radius 1 is 0.714 bits per heavy atom. The first-order valence-electron chi connectivity index (χ1n) is 12.6. The smallest absolute Gasteiger partial charge is 0.308 e. The Labute approximate surface area is 243 Å². The highest BCUT2D eigenvalue weighted by Crippen LogP contribution is 2.39. The van der Waals surface area contributed by atoms with Gasteiger partial charge >= 0.3 is 5.97 Å². The van der Waals surface area contributed by atoms with Crippen molar-refractivity contribution in [1.82, 2.24) is 0 Å². The number of hydrogen-bond donors (Lipinski definition) is 0. The lowest BCUT2D eigenvalue weighted by Crippen LogP contribution is -2.09. The van der Waals surface area contributed by atoms with Crippen molar-refractivity contribution in [2.24, 2.45) is 0 Å². The van der Waals surface area contributed by atoms with Crippen molar-refractivity contribution in [3.05, 3.63) is 69.3 Å². The van der Waals surface area contributed by atoms with Crippen LogP contribution < -0.4 is 33.2 Å². The van der Waals surface area contributed by atoms with Crippen molar-refractivity contribution in [2.75, 3.05) is 49.3 Å². The molecule has 0 aliphatic heterocycles. The van der Waals surface area contributed by atoms with Crippen molar-refractivity contribution in [3.63, 3.8) is 0 Å². The van der Waals surface area contributed by atoms with Crippen molar-refractivity contribution >= 4 is 23.8 Å². The molecule has 42 heavy (non-hydrogen) atoms. The molecule has 0 spiro atoms. The number of esters is 1. The number of nitrogens with zero attached hydrogens (tertiary/aromatic N) is 1. The van der Waals surface area contributed by atoms with Gasteiger partial charge in [0.05, 0.1) is 72.2 Å². The zero-order valence-electron chi connectivity index (χ0n) is 24.3. The van der Waals surface area contributed by atoms with Crippen LogP contribution in [-0.4, -0.2) is 60.2 Å². The summed E-state index contributed by atoms with van der Waals surface area (Å²) >= 11 is 0. The summed E-state index contributed by atoms with van der Waals surface area (Å²) in [6.07, 6.45) is 3.70. The maximum absolute atomic E-state index is 11.9. The van der Waals surface area contributed by atoms with E-state index in [1.807, 2.05) is 30.4 Å². The van der Waals surface area contributed by atoms with Crippen LogP contribution in [0.1, 0.15) is 23.1 Å². The zero-order chi connectivity index (χ0) is 30.6. The third-order valence-corrected chi connectivity index (χ3v) is 6.08. The number of ether oxygens (including phenoxy) is 8. The maximum atomic E-state index is 11.9. The van der Waals surface area contributed by atoms with Gasteiger partial charge in [-0.25, -0.2) is 0 Å². The summed E-state index contributed by atoms with van der Waals surface area (Å²) in [5.74, 6) is 2.24. The molecule has 224 valence electrons. The molecule has 0 N–H and O–H groups in total. The topological polar surface area (TPSA) is 134 Å². The molecule has 3 aromatic rings. The Balaban J connectivity index is 1.86. The molecular weight excluding hydrogens is 550 g/mol. The molecule has 0 fully saturated rings. The third-order valence-electron chi connectivity index (χ3n) is 6.08. The predicted molar refractivity (Wildman–Crippen MR) is 154 cm³/mol. The number of carbonyl (C=O) groups is 1. The zero-order valence-corrected chi connectivity index (χ0v) is 24.3. The molecule has 0 saturated carbocycles. The van der Waals surface area contributed by atoms with E-state index in [9.17, 15) is 14.9 Å². The Morgan fingerprint density at radius 2 is 1.31 bits per heavy atom. The summed E-state index contributed by atoms with van der Waals surface area (Å²) in [5, 5.41) is 11.9. The summed E-state index contributed by atoms with van der Waals surface area (Å²) in [6, 6.07) is 11.7. The van der Waals surface area contributed by atoms with Gasteiger partial charge in [-0.05, 0) is 41.5 Å². The number of carbonyl (C=O) groups excluding carboxylic acids is 1. The van der Waals surface area contributed by atoms with Crippen LogP contribution >= 0.6 is 0 Å². The van der Waals surface area contributed by atoms with Crippen molar-refractivity contribution in [1.29, 1.82) is 0 Å². The van der Waals surface area contributed by atoms with Crippen LogP contribution in [0.2, 0.25) is 0 Å². The van der Waals surface area contributed by atoms with E-state index in [1.165, 1.54) is 40.6 Å². The molecule has 0 aliphatic rings. The van der Waals surface area contributed by atoms with Crippen molar-refractivity contribution < 1.29 is 47.6 Å². The van der Waals surface area contributed by atoms with E-state index in [0.29, 0.717) is 28.7 Å². The Hall–Kier alpha value is -5.13. The van der Waals surface area contributed by atoms with Gasteiger partial charge in [-0.15, -0.1) is 0 Å². The summed E-state index contributed by atoms with van der Waals surface area (Å²) in [4.78, 5) is 22.7. The first-order valence-corrected chi connectivity index (χ1v) is 12.6. The second-order valence-corrected chi connectivity index (χ2v) is 8.55. The van der Waals surface area contributed by atoms with Gasteiger partial charge in [0.15, 0.2) is 34.5 Å². The SMILES string of the molecule is COC(=O)CCOc1cc([N+](=O)[O-])c(COc2cc(/C=C/c3cc(OC)c(OC)c(OC)c3)ccc2OC)cc1OC. The lowest BCUT2D eigenvalue weighted by molar-refractivity contribution is -0.385. The number of methoxy groups -OCH3 is 6. The molecule has 0 unspecified atom stereocenters. The second-order valence-electron chi connectivity index (χ2n) is 8.55. The van der Waals surface area contributed by atoms with Gasteiger partial charge in [0.2, 0.25) is 5.75 Å². The van der Waals surface area contributed by atoms with Gasteiger partial charge in [-0.2, -0.15) is 0 Å². The molecule has 0 bridgehead atoms. The molecule has 12 heteroatoms. The molecule has 3 aromatic carbocycles. The molecule has 0 heterocycles. The standard InChI is InChI=1S/C30H33NO11/c1-35-23-10-9-19(7-8-20-14-27(37-3)30(40-6)28(15-20)38-4)13-25(23)42-18-21-16-24(36-2)26(17-22(21)31(33)34)41-12-11-29(32)39-5/h7-10,13-17H,11-12,18H2,1-6H3/b8-7+. The summed E-state index contributed by atoms with van der Waals surface area (Å²) in [5.41, 5.74) is 1.60. The van der Waals surface area contributed by atoms with Crippen LogP contribution in [0.25, 0.3) is 12.2 Å². The minimum absolute atomic E-state index is 0.0253. The monoisotopic (exact) mass is 583 g/mol. The molecule has 0 atom stereocenters. The van der Waals surface area contributed by atoms with E-state index in [-0.39, 0.29) is 42.4 Å². The highest BCUT2D eigenvalue weighted by atomic mass is 16.6. The lowest BCUT2D eigenvalue weighted by atomic mass is 10.1. The molecule has 0 saturated heterocycles. The normalized spacial score (nSPS) is 10.6. The molecule has 0 aliphatic carbocycles. The lowest BCUT2D eigenvalue weighted by Gasteiger charge is -2.15. The number of rotatable bonds is 15. The van der Waals surface area contributed by atoms with Gasteiger partial charge in [-0.3, -0.25) is 14.9 Å². The fraction of sp³-hybridized carbons (Fsp3) is 0.300. The number of benzene rings is 3. The Bertz CT molecular complexity index is 1410. The van der Waals surface area contributed by atoms with Gasteiger partial charge in [0.25, 0.3) is 5.69 Å². The minimum Gasteiger partial charge on any atom is -0.493 e. The van der Waals surface area contributed by atoms with Crippen LogP contribution in [0.3, 0.4) is 0 Å². The van der Waals surface area contributed by atoms with Crippen LogP contribution in [0.5, 0.6) is 40.2 Å². The van der Waals surface area contributed by atoms with E-state index < -0.39 is 10.9 Å². The number of nitro benzene ring substituents is 1. The molecule has 0 amide bonds. The maximum Gasteiger partial charge on any atom is 0.308 e. The molecular formula is C30H33NO11. The first-order chi connectivity index (χ1) is 20.3. The second kappa shape index (κ2) is 15.0. The number of hydrogen-bond acceptors (Lipinski definition) is 11. The molecule has 3 rings (SSSR count). The average molecular weight is 584 g/mol. The van der Waals surface area contributed by atoms with Crippen LogP contribution in [0.4, 0.5) is 5.69 Å². The van der Waals surface area contributed by atoms with Gasteiger partial charge in [0.1, 0.15) is 6.61 Å². The van der Waals surface area contributed by atoms with Crippen LogP contribution in [0, 0.1) is 10.1 Å². The van der Waals surface area contributed by atoms with Crippen LogP contribution in [0.15, 0.2) is 42.5 Å². The third kappa shape index (κ3) is 7.74. The van der Waals surface area contributed by atoms with E-state index >= 15 is 0 Å². The van der Waals surface area contributed by atoms with E-state index in [0.717, 1.165) is 11.1 Å². The first kappa shape index (κ1) is 31.4. The van der Waals surface area contributed by atoms with Gasteiger partial charge in [-0.1, -0.05) is 18.2 Å². The van der Waals surface area contributed by atoms with Crippen LogP contribution in [-0.2, 0) is 16.1 Å². The Morgan fingerprint density at radius 3 is 1.88 bits per heavy atom. The largest absolute Gasteiger partial charge is 0.493 e. The predicted octanol–water partition coefficient (Wildman–Crippen LogP) is 5.33. The fourth-order valence-corrected chi connectivity index (χ4v) is 3.95. The minimum atomic E-state index is -0.543.